The van der Waals surface area contributed by atoms with Crippen molar-refractivity contribution in [2.45, 2.75) is 0 Å². The highest BCUT2D eigenvalue weighted by atomic mass is 16.7. The molecule has 8 nitrogen and oxygen atoms in total. The van der Waals surface area contributed by atoms with E-state index in [1.807, 2.05) is 0 Å². The number of carboxylic acids is 1. The normalized spacial score (nSPS) is 12.3. The second kappa shape index (κ2) is 7.28. The van der Waals surface area contributed by atoms with Gasteiger partial charge in [0, 0.05) is 11.1 Å². The fraction of sp³-hybridized carbons (Fsp3) is 0.0500. The average molecular weight is 378 g/mol. The van der Waals surface area contributed by atoms with E-state index in [4.69, 9.17) is 13.9 Å². The van der Waals surface area contributed by atoms with Crippen LogP contribution in [0.4, 0.5) is 0 Å². The van der Waals surface area contributed by atoms with Crippen molar-refractivity contribution in [2.24, 2.45) is 5.10 Å². The van der Waals surface area contributed by atoms with Crippen LogP contribution in [0.5, 0.6) is 11.5 Å². The molecule has 0 fully saturated rings. The Morgan fingerprint density at radius 3 is 2.71 bits per heavy atom. The van der Waals surface area contributed by atoms with E-state index < -0.39 is 11.9 Å². The zero-order chi connectivity index (χ0) is 19.5. The van der Waals surface area contributed by atoms with E-state index in [1.54, 1.807) is 48.5 Å². The fourth-order valence-corrected chi connectivity index (χ4v) is 2.71. The van der Waals surface area contributed by atoms with Crippen molar-refractivity contribution in [3.8, 4) is 22.8 Å². The standard InChI is InChI=1S/C20H14N2O6/c23-19(12-5-7-17-18(9-12)27-11-26-17)22-21-10-13-6-8-16(28-13)14-3-1-2-4-15(14)20(24)25/h1-10H,11H2,(H,22,23)(H,24,25)/b21-10-. The summed E-state index contributed by atoms with van der Waals surface area (Å²) >= 11 is 0. The van der Waals surface area contributed by atoms with Crippen LogP contribution in [0.2, 0.25) is 0 Å². The van der Waals surface area contributed by atoms with Gasteiger partial charge in [-0.25, -0.2) is 10.2 Å². The number of aromatic carboxylic acids is 1. The van der Waals surface area contributed by atoms with Gasteiger partial charge in [-0.3, -0.25) is 4.79 Å². The van der Waals surface area contributed by atoms with E-state index in [-0.39, 0.29) is 12.4 Å². The molecule has 4 rings (SSSR count). The number of hydrogen-bond donors (Lipinski definition) is 2. The fourth-order valence-electron chi connectivity index (χ4n) is 2.71. The molecule has 1 aromatic heterocycles. The summed E-state index contributed by atoms with van der Waals surface area (Å²) in [5.74, 6) is 0.382. The van der Waals surface area contributed by atoms with Crippen LogP contribution in [0.15, 0.2) is 64.1 Å². The number of hydrazone groups is 1. The molecular weight excluding hydrogens is 364 g/mol. The van der Waals surface area contributed by atoms with Gasteiger partial charge in [0.05, 0.1) is 11.8 Å². The molecule has 0 radical (unpaired) electrons. The second-order valence-electron chi connectivity index (χ2n) is 5.82. The van der Waals surface area contributed by atoms with Crippen molar-refractivity contribution in [2.75, 3.05) is 6.79 Å². The topological polar surface area (TPSA) is 110 Å². The minimum absolute atomic E-state index is 0.129. The van der Waals surface area contributed by atoms with Crippen LogP contribution in [-0.2, 0) is 0 Å². The largest absolute Gasteiger partial charge is 0.478 e. The molecule has 0 spiro atoms. The summed E-state index contributed by atoms with van der Waals surface area (Å²) < 4.78 is 16.0. The number of hydrogen-bond acceptors (Lipinski definition) is 6. The van der Waals surface area contributed by atoms with Crippen molar-refractivity contribution in [3.63, 3.8) is 0 Å². The molecule has 2 heterocycles. The van der Waals surface area contributed by atoms with E-state index in [2.05, 4.69) is 10.5 Å². The SMILES string of the molecule is O=C(N/N=C\c1ccc(-c2ccccc2C(=O)O)o1)c1ccc2c(c1)OCO2. The molecule has 0 unspecified atom stereocenters. The number of furan rings is 1. The molecular formula is C20H14N2O6. The van der Waals surface area contributed by atoms with Gasteiger partial charge in [0.15, 0.2) is 11.5 Å². The van der Waals surface area contributed by atoms with Gasteiger partial charge in [-0.05, 0) is 36.4 Å². The lowest BCUT2D eigenvalue weighted by Gasteiger charge is -2.02. The van der Waals surface area contributed by atoms with Gasteiger partial charge in [-0.1, -0.05) is 18.2 Å². The van der Waals surface area contributed by atoms with Gasteiger partial charge in [-0.15, -0.1) is 0 Å². The number of carboxylic acid groups (broad SMARTS) is 1. The van der Waals surface area contributed by atoms with E-state index >= 15 is 0 Å². The second-order valence-corrected chi connectivity index (χ2v) is 5.82. The zero-order valence-electron chi connectivity index (χ0n) is 14.4. The quantitative estimate of drug-likeness (QED) is 0.521. The number of rotatable bonds is 5. The Morgan fingerprint density at radius 2 is 1.86 bits per heavy atom. The van der Waals surface area contributed by atoms with Crippen molar-refractivity contribution in [3.05, 3.63) is 71.5 Å². The molecule has 1 amide bonds. The maximum Gasteiger partial charge on any atom is 0.336 e. The number of benzene rings is 2. The van der Waals surface area contributed by atoms with Crippen LogP contribution in [0.1, 0.15) is 26.5 Å². The lowest BCUT2D eigenvalue weighted by molar-refractivity contribution is 0.0697. The highest BCUT2D eigenvalue weighted by molar-refractivity contribution is 5.96. The molecule has 0 atom stereocenters. The molecule has 0 saturated heterocycles. The third-order valence-corrected chi connectivity index (χ3v) is 4.04. The Labute approximate surface area is 159 Å². The molecule has 2 N–H and O–H groups in total. The number of carbonyl (C=O) groups excluding carboxylic acids is 1. The Balaban J connectivity index is 1.45. The predicted molar refractivity (Wildman–Crippen MR) is 98.7 cm³/mol. The molecule has 0 saturated carbocycles. The zero-order valence-corrected chi connectivity index (χ0v) is 14.4. The molecule has 0 bridgehead atoms. The first-order valence-electron chi connectivity index (χ1n) is 8.27. The lowest BCUT2D eigenvalue weighted by Crippen LogP contribution is -2.17. The van der Waals surface area contributed by atoms with Crippen LogP contribution in [0.25, 0.3) is 11.3 Å². The summed E-state index contributed by atoms with van der Waals surface area (Å²) in [4.78, 5) is 23.5. The van der Waals surface area contributed by atoms with Crippen LogP contribution < -0.4 is 14.9 Å². The third kappa shape index (κ3) is 3.43. The van der Waals surface area contributed by atoms with Gasteiger partial charge in [-0.2, -0.15) is 5.10 Å². The Hall–Kier alpha value is -4.07. The first kappa shape index (κ1) is 17.3. The van der Waals surface area contributed by atoms with Gasteiger partial charge >= 0.3 is 5.97 Å². The van der Waals surface area contributed by atoms with Crippen LogP contribution in [-0.4, -0.2) is 30.0 Å². The van der Waals surface area contributed by atoms with Gasteiger partial charge in [0.1, 0.15) is 11.5 Å². The van der Waals surface area contributed by atoms with E-state index in [9.17, 15) is 14.7 Å². The molecule has 140 valence electrons. The first-order valence-corrected chi connectivity index (χ1v) is 8.27. The first-order chi connectivity index (χ1) is 13.6. The number of amides is 1. The minimum atomic E-state index is -1.04. The summed E-state index contributed by atoms with van der Waals surface area (Å²) in [6.45, 7) is 0.129. The Morgan fingerprint density at radius 1 is 1.04 bits per heavy atom. The number of fused-ring (bicyclic) bond motifs is 1. The van der Waals surface area contributed by atoms with E-state index in [1.165, 1.54) is 12.3 Å². The van der Waals surface area contributed by atoms with E-state index in [0.717, 1.165) is 0 Å². The molecule has 3 aromatic rings. The van der Waals surface area contributed by atoms with Crippen LogP contribution >= 0.6 is 0 Å². The number of nitrogens with zero attached hydrogens (tertiary/aromatic N) is 1. The Bertz CT molecular complexity index is 1090. The third-order valence-electron chi connectivity index (χ3n) is 4.04. The number of nitrogens with one attached hydrogen (secondary N) is 1. The Kier molecular flexibility index (Phi) is 4.51. The van der Waals surface area contributed by atoms with Crippen molar-refractivity contribution in [1.29, 1.82) is 0 Å². The average Bonchev–Trinajstić information content (AvgIpc) is 3.36. The predicted octanol–water partition coefficient (Wildman–Crippen LogP) is 3.14. The van der Waals surface area contributed by atoms with Gasteiger partial charge < -0.3 is 19.0 Å². The summed E-state index contributed by atoms with van der Waals surface area (Å²) in [6, 6.07) is 14.6. The van der Waals surface area contributed by atoms with Crippen molar-refractivity contribution >= 4 is 18.1 Å². The summed E-state index contributed by atoms with van der Waals surface area (Å²) in [6.07, 6.45) is 1.33. The van der Waals surface area contributed by atoms with Crippen molar-refractivity contribution < 1.29 is 28.6 Å². The van der Waals surface area contributed by atoms with Gasteiger partial charge in [0.25, 0.3) is 5.91 Å². The van der Waals surface area contributed by atoms with Crippen LogP contribution in [0, 0.1) is 0 Å². The smallest absolute Gasteiger partial charge is 0.336 e. The van der Waals surface area contributed by atoms with Gasteiger partial charge in [0.2, 0.25) is 6.79 Å². The summed E-state index contributed by atoms with van der Waals surface area (Å²) in [7, 11) is 0. The molecule has 1 aliphatic heterocycles. The maximum absolute atomic E-state index is 12.2. The van der Waals surface area contributed by atoms with Crippen LogP contribution in [0.3, 0.4) is 0 Å². The molecule has 28 heavy (non-hydrogen) atoms. The highest BCUT2D eigenvalue weighted by Crippen LogP contribution is 2.32. The lowest BCUT2D eigenvalue weighted by atomic mass is 10.1. The summed E-state index contributed by atoms with van der Waals surface area (Å²) in [5.41, 5.74) is 3.36. The monoisotopic (exact) mass is 378 g/mol. The number of carbonyl (C=O) groups is 2. The number of ether oxygens (including phenoxy) is 2. The van der Waals surface area contributed by atoms with Crippen molar-refractivity contribution in [1.82, 2.24) is 5.43 Å². The molecule has 2 aromatic carbocycles. The minimum Gasteiger partial charge on any atom is -0.478 e. The highest BCUT2D eigenvalue weighted by Gasteiger charge is 2.16. The summed E-state index contributed by atoms with van der Waals surface area (Å²) in [5, 5.41) is 13.1. The molecule has 0 aliphatic carbocycles. The maximum atomic E-state index is 12.2. The molecule has 1 aliphatic rings. The van der Waals surface area contributed by atoms with E-state index in [0.29, 0.717) is 34.1 Å². The molecule has 8 heteroatoms.